The molecule has 0 bridgehead atoms. The molecule has 0 aliphatic carbocycles. The van der Waals surface area contributed by atoms with Crippen LogP contribution in [0.5, 0.6) is 0 Å². The summed E-state index contributed by atoms with van der Waals surface area (Å²) in [4.78, 5) is 24.4. The highest BCUT2D eigenvalue weighted by Crippen LogP contribution is 2.34. The molecule has 6 rings (SSSR count). The lowest BCUT2D eigenvalue weighted by atomic mass is 10.0. The SMILES string of the molecule is Cc1cccc(-c2[nH]cnc2-c2ccc3ncc(-c4ncc(N5C[C@@H](C)N[C@@H](C)C5)s4)cc3c2)n1. The maximum Gasteiger partial charge on any atom is 0.126 e. The molecule has 0 amide bonds. The molecule has 8 heteroatoms. The number of rotatable bonds is 4. The number of aromatic nitrogens is 5. The van der Waals surface area contributed by atoms with Crippen molar-refractivity contribution in [1.29, 1.82) is 0 Å². The van der Waals surface area contributed by atoms with Crippen molar-refractivity contribution in [2.24, 2.45) is 0 Å². The maximum atomic E-state index is 4.74. The predicted molar refractivity (Wildman–Crippen MR) is 143 cm³/mol. The van der Waals surface area contributed by atoms with Gasteiger partial charge in [-0.3, -0.25) is 9.97 Å². The highest BCUT2D eigenvalue weighted by Gasteiger charge is 2.23. The molecule has 0 radical (unpaired) electrons. The molecule has 2 atom stereocenters. The van der Waals surface area contributed by atoms with Gasteiger partial charge in [0.1, 0.15) is 10.0 Å². The fraction of sp³-hybridized carbons (Fsp3) is 0.259. The Hall–Kier alpha value is -3.62. The van der Waals surface area contributed by atoms with Crippen molar-refractivity contribution in [3.8, 4) is 33.2 Å². The Bertz CT molecular complexity index is 1490. The van der Waals surface area contributed by atoms with E-state index in [0.717, 1.165) is 62.9 Å². The van der Waals surface area contributed by atoms with Crippen LogP contribution in [-0.2, 0) is 0 Å². The third-order valence-electron chi connectivity index (χ3n) is 6.35. The molecular weight excluding hydrogens is 454 g/mol. The average Bonchev–Trinajstić information content (AvgIpc) is 3.53. The van der Waals surface area contributed by atoms with Gasteiger partial charge in [0.2, 0.25) is 0 Å². The van der Waals surface area contributed by atoms with Gasteiger partial charge in [-0.05, 0) is 51.1 Å². The molecule has 0 spiro atoms. The Morgan fingerprint density at radius 3 is 2.60 bits per heavy atom. The number of hydrogen-bond acceptors (Lipinski definition) is 7. The summed E-state index contributed by atoms with van der Waals surface area (Å²) in [5, 5.41) is 6.85. The van der Waals surface area contributed by atoms with Gasteiger partial charge in [-0.25, -0.2) is 9.97 Å². The van der Waals surface area contributed by atoms with Crippen LogP contribution in [0.25, 0.3) is 44.1 Å². The first-order valence-electron chi connectivity index (χ1n) is 11.9. The minimum atomic E-state index is 0.465. The molecule has 7 nitrogen and oxygen atoms in total. The van der Waals surface area contributed by atoms with Gasteiger partial charge in [0.25, 0.3) is 0 Å². The molecule has 0 saturated carbocycles. The summed E-state index contributed by atoms with van der Waals surface area (Å²) in [6.07, 6.45) is 5.64. The van der Waals surface area contributed by atoms with Gasteiger partial charge in [0, 0.05) is 53.6 Å². The van der Waals surface area contributed by atoms with Crippen LogP contribution >= 0.6 is 11.3 Å². The van der Waals surface area contributed by atoms with Crippen molar-refractivity contribution < 1.29 is 0 Å². The summed E-state index contributed by atoms with van der Waals surface area (Å²) in [6, 6.07) is 15.4. The lowest BCUT2D eigenvalue weighted by Gasteiger charge is -2.36. The summed E-state index contributed by atoms with van der Waals surface area (Å²) >= 11 is 1.73. The number of hydrogen-bond donors (Lipinski definition) is 2. The molecule has 5 heterocycles. The number of imidazole rings is 1. The van der Waals surface area contributed by atoms with Crippen molar-refractivity contribution in [3.05, 3.63) is 66.9 Å². The zero-order valence-electron chi connectivity index (χ0n) is 20.0. The predicted octanol–water partition coefficient (Wildman–Crippen LogP) is 5.31. The third kappa shape index (κ3) is 4.31. The van der Waals surface area contributed by atoms with Crippen LogP contribution in [0.1, 0.15) is 19.5 Å². The van der Waals surface area contributed by atoms with Crippen LogP contribution in [0.15, 0.2) is 61.2 Å². The van der Waals surface area contributed by atoms with E-state index in [9.17, 15) is 0 Å². The van der Waals surface area contributed by atoms with Crippen LogP contribution < -0.4 is 10.2 Å². The second kappa shape index (κ2) is 8.87. The first-order chi connectivity index (χ1) is 17.0. The first kappa shape index (κ1) is 21.9. The number of fused-ring (bicyclic) bond motifs is 1. The third-order valence-corrected chi connectivity index (χ3v) is 7.46. The van der Waals surface area contributed by atoms with E-state index in [1.54, 1.807) is 17.7 Å². The second-order valence-electron chi connectivity index (χ2n) is 9.30. The molecule has 176 valence electrons. The first-order valence-corrected chi connectivity index (χ1v) is 12.7. The molecule has 0 unspecified atom stereocenters. The average molecular weight is 482 g/mol. The van der Waals surface area contributed by atoms with Gasteiger partial charge in [0.15, 0.2) is 0 Å². The number of aromatic amines is 1. The quantitative estimate of drug-likeness (QED) is 0.362. The monoisotopic (exact) mass is 481 g/mol. The lowest BCUT2D eigenvalue weighted by Crippen LogP contribution is -2.54. The number of pyridine rings is 2. The smallest absolute Gasteiger partial charge is 0.126 e. The molecule has 1 saturated heterocycles. The van der Waals surface area contributed by atoms with Crippen molar-refractivity contribution >= 4 is 27.2 Å². The summed E-state index contributed by atoms with van der Waals surface area (Å²) in [6.45, 7) is 8.45. The van der Waals surface area contributed by atoms with E-state index in [2.05, 4.69) is 57.2 Å². The van der Waals surface area contributed by atoms with Gasteiger partial charge in [-0.1, -0.05) is 23.5 Å². The van der Waals surface area contributed by atoms with E-state index in [-0.39, 0.29) is 0 Å². The standard InChI is InChI=1S/C27H27N7S/c1-16-5-4-6-23(33-16)26-25(30-15-31-26)19-7-8-22-20(9-19)10-21(11-28-22)27-29-12-24(35-27)34-13-17(2)32-18(3)14-34/h4-12,15,17-18,32H,13-14H2,1-3H3,(H,30,31)/t17-,18+. The van der Waals surface area contributed by atoms with E-state index in [0.29, 0.717) is 12.1 Å². The molecular formula is C27H27N7S. The lowest BCUT2D eigenvalue weighted by molar-refractivity contribution is 0.408. The van der Waals surface area contributed by atoms with Crippen LogP contribution in [0.2, 0.25) is 0 Å². The van der Waals surface area contributed by atoms with Crippen LogP contribution in [0, 0.1) is 6.92 Å². The van der Waals surface area contributed by atoms with Crippen LogP contribution in [-0.4, -0.2) is 50.1 Å². The fourth-order valence-corrected chi connectivity index (χ4v) is 5.76. The summed E-state index contributed by atoms with van der Waals surface area (Å²) < 4.78 is 0. The van der Waals surface area contributed by atoms with Crippen LogP contribution in [0.4, 0.5) is 5.00 Å². The zero-order chi connectivity index (χ0) is 23.9. The van der Waals surface area contributed by atoms with Crippen molar-refractivity contribution in [2.45, 2.75) is 32.9 Å². The molecule has 1 aliphatic rings. The number of H-pyrrole nitrogens is 1. The highest BCUT2D eigenvalue weighted by molar-refractivity contribution is 7.18. The van der Waals surface area contributed by atoms with Crippen molar-refractivity contribution in [2.75, 3.05) is 18.0 Å². The van der Waals surface area contributed by atoms with Gasteiger partial charge < -0.3 is 15.2 Å². The van der Waals surface area contributed by atoms with Crippen LogP contribution in [0.3, 0.4) is 0 Å². The van der Waals surface area contributed by atoms with Crippen molar-refractivity contribution in [1.82, 2.24) is 30.2 Å². The maximum absolute atomic E-state index is 4.74. The molecule has 2 N–H and O–H groups in total. The van der Waals surface area contributed by atoms with E-state index in [4.69, 9.17) is 9.97 Å². The normalized spacial score (nSPS) is 18.3. The zero-order valence-corrected chi connectivity index (χ0v) is 20.8. The Kier molecular flexibility index (Phi) is 5.54. The topological polar surface area (TPSA) is 82.6 Å². The minimum Gasteiger partial charge on any atom is -0.359 e. The minimum absolute atomic E-state index is 0.465. The Balaban J connectivity index is 1.33. The summed E-state index contributed by atoms with van der Waals surface area (Å²) in [5.41, 5.74) is 6.67. The highest BCUT2D eigenvalue weighted by atomic mass is 32.1. The van der Waals surface area contributed by atoms with E-state index in [1.165, 1.54) is 5.00 Å². The van der Waals surface area contributed by atoms with E-state index in [1.807, 2.05) is 43.6 Å². The number of benzene rings is 1. The molecule has 35 heavy (non-hydrogen) atoms. The summed E-state index contributed by atoms with van der Waals surface area (Å²) in [7, 11) is 0. The number of nitrogens with zero attached hydrogens (tertiary/aromatic N) is 5. The van der Waals surface area contributed by atoms with Gasteiger partial charge in [-0.15, -0.1) is 0 Å². The Morgan fingerprint density at radius 2 is 1.77 bits per heavy atom. The summed E-state index contributed by atoms with van der Waals surface area (Å²) in [5.74, 6) is 0. The second-order valence-corrected chi connectivity index (χ2v) is 10.3. The van der Waals surface area contributed by atoms with Gasteiger partial charge in [0.05, 0.1) is 35.1 Å². The number of piperazine rings is 1. The number of aryl methyl sites for hydroxylation is 1. The Morgan fingerprint density at radius 1 is 0.943 bits per heavy atom. The number of thiazole rings is 1. The molecule has 1 aliphatic heterocycles. The van der Waals surface area contributed by atoms with Gasteiger partial charge >= 0.3 is 0 Å². The van der Waals surface area contributed by atoms with Crippen molar-refractivity contribution in [3.63, 3.8) is 0 Å². The fourth-order valence-electron chi connectivity index (χ4n) is 4.84. The molecule has 1 aromatic carbocycles. The number of anilines is 1. The van der Waals surface area contributed by atoms with Gasteiger partial charge in [-0.2, -0.15) is 0 Å². The molecule has 4 aromatic heterocycles. The molecule has 5 aromatic rings. The Labute approximate surface area is 208 Å². The largest absolute Gasteiger partial charge is 0.359 e. The van der Waals surface area contributed by atoms with E-state index < -0.39 is 0 Å². The number of nitrogens with one attached hydrogen (secondary N) is 2. The van der Waals surface area contributed by atoms with E-state index >= 15 is 0 Å². The molecule has 1 fully saturated rings.